The summed E-state index contributed by atoms with van der Waals surface area (Å²) in [6.45, 7) is 5.58. The molecule has 1 aliphatic rings. The van der Waals surface area contributed by atoms with Crippen LogP contribution in [0.5, 0.6) is 5.75 Å². The zero-order valence-electron chi connectivity index (χ0n) is 23.5. The fraction of sp³-hybridized carbons (Fsp3) is 0.265. The number of unbranched alkanes of at least 4 members (excludes halogenated alkanes) is 1. The highest BCUT2D eigenvalue weighted by molar-refractivity contribution is 8.26. The molecular weight excluding hydrogens is 547 g/mol. The van der Waals surface area contributed by atoms with Crippen molar-refractivity contribution in [2.45, 2.75) is 46.1 Å². The van der Waals surface area contributed by atoms with Crippen molar-refractivity contribution in [1.82, 2.24) is 14.7 Å². The van der Waals surface area contributed by atoms with Crippen molar-refractivity contribution in [3.05, 3.63) is 107 Å². The molecule has 1 aliphatic heterocycles. The first-order chi connectivity index (χ1) is 20.1. The molecule has 0 N–H and O–H groups in total. The van der Waals surface area contributed by atoms with Gasteiger partial charge < -0.3 is 4.74 Å². The Morgan fingerprint density at radius 2 is 1.68 bits per heavy atom. The van der Waals surface area contributed by atoms with Gasteiger partial charge in [0.15, 0.2) is 0 Å². The molecular formula is C34H35N3O2S2. The number of carbonyl (C=O) groups is 1. The standard InChI is InChI=1S/C34H35N3O2S2/c1-3-5-12-25(4-2)22-36-33(38)31(41-34(36)40)21-28-23-37(29-15-10-7-11-16-29)35-32(28)27-17-19-30(20-18-27)39-24-26-13-8-6-9-14-26/h6-11,13-21,23,25H,3-5,12,22,24H2,1-2H3/b31-21+. The van der Waals surface area contributed by atoms with Gasteiger partial charge in [0.1, 0.15) is 16.7 Å². The van der Waals surface area contributed by atoms with E-state index in [-0.39, 0.29) is 5.91 Å². The van der Waals surface area contributed by atoms with Crippen molar-refractivity contribution < 1.29 is 9.53 Å². The van der Waals surface area contributed by atoms with E-state index in [1.54, 1.807) is 4.90 Å². The van der Waals surface area contributed by atoms with E-state index in [2.05, 4.69) is 13.8 Å². The Labute approximate surface area is 252 Å². The predicted octanol–water partition coefficient (Wildman–Crippen LogP) is 8.54. The van der Waals surface area contributed by atoms with Crippen molar-refractivity contribution in [2.24, 2.45) is 5.92 Å². The van der Waals surface area contributed by atoms with E-state index in [9.17, 15) is 4.79 Å². The Balaban J connectivity index is 1.41. The van der Waals surface area contributed by atoms with Gasteiger partial charge in [-0.2, -0.15) is 5.10 Å². The number of aromatic nitrogens is 2. The number of thioether (sulfide) groups is 1. The Hall–Kier alpha value is -3.68. The minimum absolute atomic E-state index is 0.0157. The average molecular weight is 582 g/mol. The van der Waals surface area contributed by atoms with E-state index in [0.717, 1.165) is 53.1 Å². The molecule has 1 atom stereocenters. The average Bonchev–Trinajstić information content (AvgIpc) is 3.55. The van der Waals surface area contributed by atoms with Gasteiger partial charge in [-0.15, -0.1) is 0 Å². The SMILES string of the molecule is CCCCC(CC)CN1C(=O)/C(=C\c2cn(-c3ccccc3)nc2-c2ccc(OCc3ccccc3)cc2)SC1=S. The molecule has 4 aromatic rings. The monoisotopic (exact) mass is 581 g/mol. The molecule has 1 unspecified atom stereocenters. The molecule has 1 fully saturated rings. The molecule has 1 amide bonds. The lowest BCUT2D eigenvalue weighted by Gasteiger charge is -2.21. The maximum Gasteiger partial charge on any atom is 0.266 e. The second-order valence-corrected chi connectivity index (χ2v) is 11.9. The van der Waals surface area contributed by atoms with Crippen LogP contribution in [-0.2, 0) is 11.4 Å². The third-order valence-electron chi connectivity index (χ3n) is 7.28. The fourth-order valence-corrected chi connectivity index (χ4v) is 6.12. The molecule has 1 saturated heterocycles. The predicted molar refractivity (Wildman–Crippen MR) is 173 cm³/mol. The van der Waals surface area contributed by atoms with Gasteiger partial charge in [0.05, 0.1) is 16.3 Å². The van der Waals surface area contributed by atoms with Crippen LogP contribution in [0.25, 0.3) is 23.0 Å². The quantitative estimate of drug-likeness (QED) is 0.124. The van der Waals surface area contributed by atoms with Crippen molar-refractivity contribution in [2.75, 3.05) is 6.54 Å². The van der Waals surface area contributed by atoms with Crippen molar-refractivity contribution in [3.8, 4) is 22.7 Å². The second-order valence-electron chi connectivity index (χ2n) is 10.2. The number of para-hydroxylation sites is 1. The summed E-state index contributed by atoms with van der Waals surface area (Å²) in [6.07, 6.45) is 8.39. The zero-order valence-corrected chi connectivity index (χ0v) is 25.2. The highest BCUT2D eigenvalue weighted by Gasteiger charge is 2.33. The molecule has 2 heterocycles. The topological polar surface area (TPSA) is 47.4 Å². The minimum atomic E-state index is -0.0157. The highest BCUT2D eigenvalue weighted by atomic mass is 32.2. The first-order valence-corrected chi connectivity index (χ1v) is 15.5. The number of hydrogen-bond acceptors (Lipinski definition) is 5. The van der Waals surface area contributed by atoms with Gasteiger partial charge >= 0.3 is 0 Å². The van der Waals surface area contributed by atoms with Crippen LogP contribution in [0.1, 0.15) is 50.7 Å². The maximum atomic E-state index is 13.5. The van der Waals surface area contributed by atoms with Gasteiger partial charge in [-0.25, -0.2) is 4.68 Å². The molecule has 5 rings (SSSR count). The van der Waals surface area contributed by atoms with Gasteiger partial charge in [0.2, 0.25) is 0 Å². The molecule has 0 radical (unpaired) electrons. The summed E-state index contributed by atoms with van der Waals surface area (Å²) in [4.78, 5) is 15.9. The Morgan fingerprint density at radius 3 is 2.37 bits per heavy atom. The molecule has 5 nitrogen and oxygen atoms in total. The molecule has 1 aromatic heterocycles. The molecule has 0 spiro atoms. The van der Waals surface area contributed by atoms with Crippen molar-refractivity contribution >= 4 is 40.3 Å². The van der Waals surface area contributed by atoms with Crippen molar-refractivity contribution in [3.63, 3.8) is 0 Å². The number of benzene rings is 3. The van der Waals surface area contributed by atoms with Crippen LogP contribution in [0.2, 0.25) is 0 Å². The van der Waals surface area contributed by atoms with Crippen LogP contribution < -0.4 is 4.74 Å². The molecule has 7 heteroatoms. The first kappa shape index (κ1) is 28.8. The molecule has 0 bridgehead atoms. The molecule has 0 aliphatic carbocycles. The second kappa shape index (κ2) is 13.8. The third kappa shape index (κ3) is 7.16. The summed E-state index contributed by atoms with van der Waals surface area (Å²) in [5.41, 5.74) is 4.67. The van der Waals surface area contributed by atoms with E-state index in [1.165, 1.54) is 18.2 Å². The lowest BCUT2D eigenvalue weighted by Crippen LogP contribution is -2.33. The van der Waals surface area contributed by atoms with E-state index < -0.39 is 0 Å². The van der Waals surface area contributed by atoms with E-state index >= 15 is 0 Å². The number of carbonyl (C=O) groups excluding carboxylic acids is 1. The number of thiocarbonyl (C=S) groups is 1. The minimum Gasteiger partial charge on any atom is -0.489 e. The summed E-state index contributed by atoms with van der Waals surface area (Å²) < 4.78 is 8.49. The number of rotatable bonds is 12. The number of ether oxygens (including phenoxy) is 1. The fourth-order valence-electron chi connectivity index (χ4n) is 4.85. The highest BCUT2D eigenvalue weighted by Crippen LogP contribution is 2.36. The van der Waals surface area contributed by atoms with Crippen LogP contribution in [0.15, 0.2) is 96.0 Å². The van der Waals surface area contributed by atoms with Crippen LogP contribution in [0, 0.1) is 5.92 Å². The summed E-state index contributed by atoms with van der Waals surface area (Å²) in [5, 5.41) is 4.94. The lowest BCUT2D eigenvalue weighted by molar-refractivity contribution is -0.122. The van der Waals surface area contributed by atoms with Crippen LogP contribution in [0.3, 0.4) is 0 Å². The summed E-state index contributed by atoms with van der Waals surface area (Å²) in [6, 6.07) is 28.1. The molecule has 41 heavy (non-hydrogen) atoms. The third-order valence-corrected chi connectivity index (χ3v) is 8.66. The Kier molecular flexibility index (Phi) is 9.70. The summed E-state index contributed by atoms with van der Waals surface area (Å²) >= 11 is 7.05. The lowest BCUT2D eigenvalue weighted by atomic mass is 9.99. The van der Waals surface area contributed by atoms with Crippen LogP contribution in [-0.4, -0.2) is 31.5 Å². The smallest absolute Gasteiger partial charge is 0.266 e. The van der Waals surface area contributed by atoms with Gasteiger partial charge in [-0.3, -0.25) is 9.69 Å². The number of nitrogens with zero attached hydrogens (tertiary/aromatic N) is 3. The van der Waals surface area contributed by atoms with E-state index in [4.69, 9.17) is 22.1 Å². The van der Waals surface area contributed by atoms with Gasteiger partial charge in [0, 0.05) is 23.9 Å². The van der Waals surface area contributed by atoms with Crippen molar-refractivity contribution in [1.29, 1.82) is 0 Å². The van der Waals surface area contributed by atoms with Crippen LogP contribution in [0.4, 0.5) is 0 Å². The summed E-state index contributed by atoms with van der Waals surface area (Å²) in [7, 11) is 0. The Morgan fingerprint density at radius 1 is 0.976 bits per heavy atom. The normalized spacial score (nSPS) is 15.1. The molecule has 3 aromatic carbocycles. The van der Waals surface area contributed by atoms with Gasteiger partial charge in [-0.1, -0.05) is 106 Å². The van der Waals surface area contributed by atoms with Crippen LogP contribution >= 0.6 is 24.0 Å². The van der Waals surface area contributed by atoms with E-state index in [0.29, 0.717) is 28.3 Å². The summed E-state index contributed by atoms with van der Waals surface area (Å²) in [5.74, 6) is 1.23. The number of amides is 1. The van der Waals surface area contributed by atoms with Gasteiger partial charge in [0.25, 0.3) is 5.91 Å². The van der Waals surface area contributed by atoms with Gasteiger partial charge in [-0.05, 0) is 60.4 Å². The first-order valence-electron chi connectivity index (χ1n) is 14.2. The zero-order chi connectivity index (χ0) is 28.6. The Bertz CT molecular complexity index is 1500. The molecule has 0 saturated carbocycles. The largest absolute Gasteiger partial charge is 0.489 e. The molecule has 210 valence electrons. The van der Waals surface area contributed by atoms with E-state index in [1.807, 2.05) is 102 Å². The maximum absolute atomic E-state index is 13.5. The number of hydrogen-bond donors (Lipinski definition) is 0.